The van der Waals surface area contributed by atoms with Crippen molar-refractivity contribution in [1.82, 2.24) is 0 Å². The minimum Gasteiger partial charge on any atom is -0.478 e. The summed E-state index contributed by atoms with van der Waals surface area (Å²) >= 11 is 0. The van der Waals surface area contributed by atoms with E-state index in [1.807, 2.05) is 13.8 Å². The quantitative estimate of drug-likeness (QED) is 0.545. The van der Waals surface area contributed by atoms with Gasteiger partial charge in [-0.1, -0.05) is 19.9 Å². The minimum absolute atomic E-state index is 0.100. The number of carboxylic acid groups (broad SMARTS) is 1. The van der Waals surface area contributed by atoms with Gasteiger partial charge in [-0.15, -0.1) is 0 Å². The van der Waals surface area contributed by atoms with Crippen LogP contribution in [0.4, 0.5) is 0 Å². The van der Waals surface area contributed by atoms with Crippen molar-refractivity contribution >= 4 is 13.3 Å². The molecule has 0 aromatic carbocycles. The van der Waals surface area contributed by atoms with Gasteiger partial charge >= 0.3 is 5.97 Å². The molecule has 0 aliphatic heterocycles. The highest BCUT2D eigenvalue weighted by atomic mass is 31.2. The lowest BCUT2D eigenvalue weighted by Crippen LogP contribution is -2.09. The van der Waals surface area contributed by atoms with E-state index in [1.54, 1.807) is 6.08 Å². The van der Waals surface area contributed by atoms with E-state index in [1.165, 1.54) is 0 Å². The summed E-state index contributed by atoms with van der Waals surface area (Å²) in [4.78, 5) is 20.7. The van der Waals surface area contributed by atoms with Crippen molar-refractivity contribution in [2.45, 2.75) is 33.1 Å². The van der Waals surface area contributed by atoms with E-state index in [4.69, 9.17) is 5.11 Å². The van der Waals surface area contributed by atoms with E-state index in [-0.39, 0.29) is 23.8 Å². The molecule has 0 spiro atoms. The second kappa shape index (κ2) is 5.83. The first-order valence-corrected chi connectivity index (χ1v) is 8.06. The highest BCUT2D eigenvalue weighted by Crippen LogP contribution is 2.44. The summed E-state index contributed by atoms with van der Waals surface area (Å²) in [5.41, 5.74) is 0.100. The summed E-state index contributed by atoms with van der Waals surface area (Å²) in [5, 5.41) is 9.00. The van der Waals surface area contributed by atoms with Gasteiger partial charge in [0.1, 0.15) is 0 Å². The Morgan fingerprint density at radius 3 is 2.47 bits per heavy atom. The van der Waals surface area contributed by atoms with Gasteiger partial charge in [0.2, 0.25) is 7.37 Å². The van der Waals surface area contributed by atoms with Crippen molar-refractivity contribution in [2.75, 3.05) is 12.3 Å². The van der Waals surface area contributed by atoms with Crippen molar-refractivity contribution in [1.29, 1.82) is 0 Å². The Morgan fingerprint density at radius 2 is 2.06 bits per heavy atom. The van der Waals surface area contributed by atoms with Crippen LogP contribution in [0.2, 0.25) is 0 Å². The number of allylic oxidation sites excluding steroid dienone is 1. The average Bonchev–Trinajstić information content (AvgIpc) is 2.92. The lowest BCUT2D eigenvalue weighted by Gasteiger charge is -2.14. The van der Waals surface area contributed by atoms with E-state index in [9.17, 15) is 14.3 Å². The minimum atomic E-state index is -3.35. The second-order valence-electron chi connectivity index (χ2n) is 5.29. The summed E-state index contributed by atoms with van der Waals surface area (Å²) in [6.45, 7) is 3.72. The maximum atomic E-state index is 11.9. The lowest BCUT2D eigenvalue weighted by atomic mass is 10.2. The highest BCUT2D eigenvalue weighted by Gasteiger charge is 2.26. The third kappa shape index (κ3) is 6.04. The molecule has 0 bridgehead atoms. The monoisotopic (exact) mass is 260 g/mol. The van der Waals surface area contributed by atoms with E-state index in [2.05, 4.69) is 0 Å². The van der Waals surface area contributed by atoms with E-state index >= 15 is 0 Å². The first-order chi connectivity index (χ1) is 7.80. The summed E-state index contributed by atoms with van der Waals surface area (Å²) < 4.78 is 11.9. The van der Waals surface area contributed by atoms with Gasteiger partial charge in [-0.3, -0.25) is 4.57 Å². The second-order valence-corrected chi connectivity index (χ2v) is 7.67. The molecule has 1 saturated carbocycles. The average molecular weight is 260 g/mol. The van der Waals surface area contributed by atoms with Crippen molar-refractivity contribution in [3.63, 3.8) is 0 Å². The highest BCUT2D eigenvalue weighted by molar-refractivity contribution is 7.58. The molecule has 1 unspecified atom stereocenters. The van der Waals surface area contributed by atoms with Crippen LogP contribution in [0.15, 0.2) is 11.6 Å². The maximum absolute atomic E-state index is 11.9. The molecule has 1 rings (SSSR count). The summed E-state index contributed by atoms with van der Waals surface area (Å²) in [7, 11) is -3.35. The Hall–Kier alpha value is -0.600. The van der Waals surface area contributed by atoms with Gasteiger partial charge in [0.05, 0.1) is 6.16 Å². The Kier molecular flexibility index (Phi) is 4.96. The molecule has 1 fully saturated rings. The van der Waals surface area contributed by atoms with Crippen LogP contribution < -0.4 is 0 Å². The zero-order chi connectivity index (χ0) is 13.1. The van der Waals surface area contributed by atoms with Gasteiger partial charge in [0.25, 0.3) is 0 Å². The van der Waals surface area contributed by atoms with Crippen molar-refractivity contribution in [2.24, 2.45) is 11.8 Å². The predicted molar refractivity (Wildman–Crippen MR) is 67.5 cm³/mol. The Balaban J connectivity index is 2.61. The number of carboxylic acids is 1. The molecule has 4 nitrogen and oxygen atoms in total. The molecule has 0 aromatic rings. The molecule has 1 atom stereocenters. The summed E-state index contributed by atoms with van der Waals surface area (Å²) in [6, 6.07) is 0. The van der Waals surface area contributed by atoms with Crippen LogP contribution in [0, 0.1) is 11.8 Å². The Morgan fingerprint density at radius 1 is 1.47 bits per heavy atom. The molecule has 0 heterocycles. The third-order valence-corrected chi connectivity index (χ3v) is 4.87. The summed E-state index contributed by atoms with van der Waals surface area (Å²) in [5.74, 6) is -0.375. The number of aliphatic carboxylic acids is 1. The van der Waals surface area contributed by atoms with Crippen molar-refractivity contribution in [3.05, 3.63) is 11.6 Å². The smallest absolute Gasteiger partial charge is 0.331 e. The zero-order valence-electron chi connectivity index (χ0n) is 10.4. The normalized spacial score (nSPS) is 20.4. The van der Waals surface area contributed by atoms with Crippen LogP contribution in [-0.4, -0.2) is 28.3 Å². The number of rotatable bonds is 7. The topological polar surface area (TPSA) is 74.6 Å². The molecule has 1 aliphatic rings. The number of hydrogen-bond donors (Lipinski definition) is 2. The maximum Gasteiger partial charge on any atom is 0.331 e. The first-order valence-electron chi connectivity index (χ1n) is 6.03. The fourth-order valence-corrected chi connectivity index (χ4v) is 3.85. The standard InChI is InChI=1S/C12H21O4P/c1-9(2)7-17(15,16)8-11(12(13)14)6-5-10-3-4-10/h6,9-10H,3-5,7-8H2,1-2H3,(H,13,14)(H,15,16)/b11-6+. The molecule has 17 heavy (non-hydrogen) atoms. The van der Waals surface area contributed by atoms with Crippen LogP contribution in [0.25, 0.3) is 0 Å². The SMILES string of the molecule is CC(C)CP(=O)(O)C/C(=C\CC1CC1)C(=O)O. The van der Waals surface area contributed by atoms with Gasteiger partial charge < -0.3 is 10.00 Å². The number of hydrogen-bond acceptors (Lipinski definition) is 2. The predicted octanol–water partition coefficient (Wildman–Crippen LogP) is 2.72. The molecule has 1 aliphatic carbocycles. The third-order valence-electron chi connectivity index (χ3n) is 2.74. The molecule has 0 radical (unpaired) electrons. The Labute approximate surface area is 102 Å². The summed E-state index contributed by atoms with van der Waals surface area (Å²) in [6.07, 6.45) is 4.62. The number of carbonyl (C=O) groups is 1. The molecule has 98 valence electrons. The first kappa shape index (κ1) is 14.5. The zero-order valence-corrected chi connectivity index (χ0v) is 11.3. The molecular formula is C12H21O4P. The fourth-order valence-electron chi connectivity index (χ4n) is 1.78. The lowest BCUT2D eigenvalue weighted by molar-refractivity contribution is -0.132. The molecular weight excluding hydrogens is 239 g/mol. The largest absolute Gasteiger partial charge is 0.478 e. The van der Waals surface area contributed by atoms with Crippen LogP contribution in [0.5, 0.6) is 0 Å². The van der Waals surface area contributed by atoms with Gasteiger partial charge in [0, 0.05) is 11.7 Å². The van der Waals surface area contributed by atoms with Crippen LogP contribution in [0.1, 0.15) is 33.1 Å². The molecule has 5 heteroatoms. The molecule has 0 saturated heterocycles. The van der Waals surface area contributed by atoms with Gasteiger partial charge in [-0.25, -0.2) is 4.79 Å². The van der Waals surface area contributed by atoms with Crippen molar-refractivity contribution in [3.8, 4) is 0 Å². The van der Waals surface area contributed by atoms with Crippen LogP contribution in [0.3, 0.4) is 0 Å². The molecule has 0 amide bonds. The molecule has 0 aromatic heterocycles. The van der Waals surface area contributed by atoms with E-state index in [0.29, 0.717) is 5.92 Å². The van der Waals surface area contributed by atoms with Crippen LogP contribution in [-0.2, 0) is 9.36 Å². The van der Waals surface area contributed by atoms with E-state index < -0.39 is 13.3 Å². The van der Waals surface area contributed by atoms with Gasteiger partial charge in [0.15, 0.2) is 0 Å². The fraction of sp³-hybridized carbons (Fsp3) is 0.750. The van der Waals surface area contributed by atoms with Gasteiger partial charge in [-0.05, 0) is 31.1 Å². The van der Waals surface area contributed by atoms with Crippen molar-refractivity contribution < 1.29 is 19.4 Å². The molecule has 2 N–H and O–H groups in total. The van der Waals surface area contributed by atoms with Crippen LogP contribution >= 0.6 is 7.37 Å². The van der Waals surface area contributed by atoms with Gasteiger partial charge in [-0.2, -0.15) is 0 Å². The van der Waals surface area contributed by atoms with E-state index in [0.717, 1.165) is 19.3 Å². The Bertz CT molecular complexity index is 356.